The van der Waals surface area contributed by atoms with Gasteiger partial charge in [0.25, 0.3) is 5.56 Å². The number of nitrogens with two attached hydrogens (primary N) is 1. The van der Waals surface area contributed by atoms with Crippen LogP contribution >= 0.6 is 23.2 Å². The van der Waals surface area contributed by atoms with Crippen LogP contribution in [0.3, 0.4) is 0 Å². The molecule has 0 radical (unpaired) electrons. The molecule has 1 spiro atoms. The van der Waals surface area contributed by atoms with Crippen LogP contribution in [0, 0.1) is 12.3 Å². The second-order valence-electron chi connectivity index (χ2n) is 8.46. The number of benzene rings is 1. The van der Waals surface area contributed by atoms with Gasteiger partial charge in [0.15, 0.2) is 0 Å². The van der Waals surface area contributed by atoms with Crippen molar-refractivity contribution in [2.75, 3.05) is 31.7 Å². The van der Waals surface area contributed by atoms with Crippen LogP contribution in [0.1, 0.15) is 24.2 Å². The fourth-order valence-corrected chi connectivity index (χ4v) is 4.97. The predicted molar refractivity (Wildman–Crippen MR) is 123 cm³/mol. The lowest BCUT2D eigenvalue weighted by Gasteiger charge is -2.41. The average molecular weight is 499 g/mol. The van der Waals surface area contributed by atoms with Crippen LogP contribution < -0.4 is 16.2 Å². The third kappa shape index (κ3) is 4.23. The zero-order chi connectivity index (χ0) is 23.9. The zero-order valence-corrected chi connectivity index (χ0v) is 19.8. The first-order chi connectivity index (χ1) is 15.7. The van der Waals surface area contributed by atoms with E-state index in [1.54, 1.807) is 25.1 Å². The number of carbonyl (C=O) groups is 1. The molecule has 0 bridgehead atoms. The van der Waals surface area contributed by atoms with Crippen LogP contribution in [0.4, 0.5) is 10.2 Å². The number of ether oxygens (including phenoxy) is 2. The van der Waals surface area contributed by atoms with Gasteiger partial charge >= 0.3 is 5.97 Å². The number of alkyl halides is 1. The Balaban J connectivity index is 1.75. The van der Waals surface area contributed by atoms with Gasteiger partial charge in [-0.25, -0.2) is 9.37 Å². The van der Waals surface area contributed by atoms with Gasteiger partial charge in [-0.05, 0) is 31.9 Å². The zero-order valence-electron chi connectivity index (χ0n) is 18.3. The molecule has 2 saturated heterocycles. The van der Waals surface area contributed by atoms with E-state index in [4.69, 9.17) is 38.4 Å². The summed E-state index contributed by atoms with van der Waals surface area (Å²) in [4.78, 5) is 32.4. The first-order valence-electron chi connectivity index (χ1n) is 10.6. The van der Waals surface area contributed by atoms with E-state index >= 15 is 0 Å². The van der Waals surface area contributed by atoms with Crippen LogP contribution in [-0.4, -0.2) is 54.7 Å². The standard InChI is InChI=1S/C22H25Cl2FN4O4/c1-12-27-20(28-8-6-22(7-9-28)11-33-19(25)18(22)26)13(10-16(30)32-2)21(31)29(12)15-5-3-4-14(23)17(15)24/h3-5,18-19H,6-11,26H2,1-2H3/t18-,19-/m1/s1. The minimum absolute atomic E-state index is 0.190. The highest BCUT2D eigenvalue weighted by molar-refractivity contribution is 6.43. The molecule has 0 amide bonds. The first-order valence-corrected chi connectivity index (χ1v) is 11.3. The van der Waals surface area contributed by atoms with E-state index in [1.165, 1.54) is 11.7 Å². The molecule has 1 aromatic heterocycles. The number of esters is 1. The summed E-state index contributed by atoms with van der Waals surface area (Å²) >= 11 is 12.5. The van der Waals surface area contributed by atoms with Crippen molar-refractivity contribution in [3.63, 3.8) is 0 Å². The van der Waals surface area contributed by atoms with Crippen molar-refractivity contribution < 1.29 is 18.7 Å². The fraction of sp³-hybridized carbons (Fsp3) is 0.500. The lowest BCUT2D eigenvalue weighted by Crippen LogP contribution is -2.51. The summed E-state index contributed by atoms with van der Waals surface area (Å²) in [7, 11) is 1.26. The van der Waals surface area contributed by atoms with E-state index in [9.17, 15) is 14.0 Å². The number of hydrogen-bond donors (Lipinski definition) is 1. The maximum Gasteiger partial charge on any atom is 0.310 e. The Bertz CT molecular complexity index is 1130. The van der Waals surface area contributed by atoms with Crippen LogP contribution in [0.15, 0.2) is 23.0 Å². The maximum atomic E-state index is 13.9. The highest BCUT2D eigenvalue weighted by Gasteiger charge is 2.49. The lowest BCUT2D eigenvalue weighted by atomic mass is 9.74. The largest absolute Gasteiger partial charge is 0.469 e. The van der Waals surface area contributed by atoms with Gasteiger partial charge in [0.05, 0.1) is 47.5 Å². The van der Waals surface area contributed by atoms with Gasteiger partial charge in [-0.1, -0.05) is 29.3 Å². The SMILES string of the molecule is COC(=O)Cc1c(N2CCC3(CC2)CO[C@@H](F)[C@H]3N)nc(C)n(-c2cccc(Cl)c2Cl)c1=O. The summed E-state index contributed by atoms with van der Waals surface area (Å²) in [5.74, 6) is 0.219. The van der Waals surface area contributed by atoms with Gasteiger partial charge in [0, 0.05) is 18.5 Å². The highest BCUT2D eigenvalue weighted by atomic mass is 35.5. The number of carbonyl (C=O) groups excluding carboxylic acids is 1. The smallest absolute Gasteiger partial charge is 0.310 e. The van der Waals surface area contributed by atoms with Crippen LogP contribution in [0.2, 0.25) is 10.0 Å². The second-order valence-corrected chi connectivity index (χ2v) is 9.25. The van der Waals surface area contributed by atoms with Crippen molar-refractivity contribution >= 4 is 35.0 Å². The van der Waals surface area contributed by atoms with Crippen molar-refractivity contribution in [2.45, 2.75) is 38.6 Å². The molecule has 2 N–H and O–H groups in total. The molecule has 2 aliphatic heterocycles. The van der Waals surface area contributed by atoms with Gasteiger partial charge in [-0.15, -0.1) is 0 Å². The molecule has 2 fully saturated rings. The van der Waals surface area contributed by atoms with Crippen molar-refractivity contribution in [1.82, 2.24) is 9.55 Å². The monoisotopic (exact) mass is 498 g/mol. The molecule has 1 aromatic carbocycles. The molecule has 0 aliphatic carbocycles. The van der Waals surface area contributed by atoms with Crippen LogP contribution in [0.25, 0.3) is 5.69 Å². The number of anilines is 1. The normalized spacial score (nSPS) is 22.1. The fourth-order valence-electron chi connectivity index (χ4n) is 4.59. The number of aromatic nitrogens is 2. The molecule has 33 heavy (non-hydrogen) atoms. The van der Waals surface area contributed by atoms with Crippen LogP contribution in [0.5, 0.6) is 0 Å². The van der Waals surface area contributed by atoms with Gasteiger partial charge in [-0.2, -0.15) is 0 Å². The minimum Gasteiger partial charge on any atom is -0.469 e. The second kappa shape index (κ2) is 9.21. The van der Waals surface area contributed by atoms with Gasteiger partial charge < -0.3 is 20.1 Å². The lowest BCUT2D eigenvalue weighted by molar-refractivity contribution is -0.139. The van der Waals surface area contributed by atoms with E-state index in [1.807, 2.05) is 4.90 Å². The highest BCUT2D eigenvalue weighted by Crippen LogP contribution is 2.42. The van der Waals surface area contributed by atoms with Gasteiger partial charge in [0.1, 0.15) is 11.6 Å². The number of nitrogens with zero attached hydrogens (tertiary/aromatic N) is 3. The van der Waals surface area contributed by atoms with Crippen molar-refractivity contribution in [1.29, 1.82) is 0 Å². The molecule has 178 valence electrons. The molecule has 0 saturated carbocycles. The summed E-state index contributed by atoms with van der Waals surface area (Å²) in [5.41, 5.74) is 5.75. The summed E-state index contributed by atoms with van der Waals surface area (Å²) in [5, 5.41) is 0.500. The maximum absolute atomic E-state index is 13.9. The predicted octanol–water partition coefficient (Wildman–Crippen LogP) is 2.80. The number of hydrogen-bond acceptors (Lipinski definition) is 7. The van der Waals surface area contributed by atoms with E-state index in [-0.39, 0.29) is 23.6 Å². The van der Waals surface area contributed by atoms with E-state index < -0.39 is 29.3 Å². The molecule has 8 nitrogen and oxygen atoms in total. The van der Waals surface area contributed by atoms with Gasteiger partial charge in [0.2, 0.25) is 6.36 Å². The topological polar surface area (TPSA) is 99.7 Å². The molecule has 0 unspecified atom stereocenters. The Kier molecular flexibility index (Phi) is 6.68. The van der Waals surface area contributed by atoms with Crippen molar-refractivity contribution in [3.8, 4) is 5.69 Å². The quantitative estimate of drug-likeness (QED) is 0.646. The van der Waals surface area contributed by atoms with E-state index in [0.717, 1.165) is 0 Å². The third-order valence-electron chi connectivity index (χ3n) is 6.62. The third-order valence-corrected chi connectivity index (χ3v) is 7.43. The Labute approximate surface area is 200 Å². The number of methoxy groups -OCH3 is 1. The number of piperidine rings is 1. The van der Waals surface area contributed by atoms with E-state index in [0.29, 0.717) is 48.3 Å². The van der Waals surface area contributed by atoms with Crippen molar-refractivity contribution in [2.24, 2.45) is 11.1 Å². The number of aryl methyl sites for hydroxylation is 1. The first kappa shape index (κ1) is 23.9. The molecule has 2 aromatic rings. The van der Waals surface area contributed by atoms with E-state index in [2.05, 4.69) is 4.98 Å². The molecule has 2 atom stereocenters. The molecule has 3 heterocycles. The molecule has 11 heteroatoms. The van der Waals surface area contributed by atoms with Gasteiger partial charge in [-0.3, -0.25) is 14.2 Å². The molecular formula is C22H25Cl2FN4O4. The summed E-state index contributed by atoms with van der Waals surface area (Å²) < 4.78 is 25.2. The minimum atomic E-state index is -1.47. The van der Waals surface area contributed by atoms with Crippen molar-refractivity contribution in [3.05, 3.63) is 50.0 Å². The Morgan fingerprint density at radius 1 is 1.36 bits per heavy atom. The Morgan fingerprint density at radius 2 is 2.06 bits per heavy atom. The number of rotatable bonds is 4. The Hall–Kier alpha value is -2.20. The molecule has 2 aliphatic rings. The summed E-state index contributed by atoms with van der Waals surface area (Å²) in [6.07, 6.45) is -0.572. The number of halogens is 3. The average Bonchev–Trinajstić information content (AvgIpc) is 3.07. The summed E-state index contributed by atoms with van der Waals surface area (Å²) in [6.45, 7) is 2.93. The molecule has 4 rings (SSSR count). The molecular weight excluding hydrogens is 474 g/mol. The Morgan fingerprint density at radius 3 is 2.67 bits per heavy atom. The summed E-state index contributed by atoms with van der Waals surface area (Å²) in [6, 6.07) is 4.26. The van der Waals surface area contributed by atoms with Crippen LogP contribution in [-0.2, 0) is 20.7 Å².